The molecular weight excluding hydrogens is 605 g/mol. The summed E-state index contributed by atoms with van der Waals surface area (Å²) in [7, 11) is -0.224. The van der Waals surface area contributed by atoms with Crippen LogP contribution in [0.15, 0.2) is 52.9 Å². The number of anilines is 1. The summed E-state index contributed by atoms with van der Waals surface area (Å²) in [5.41, 5.74) is 6.50. The average molecular weight is 641 g/mol. The second-order valence-corrected chi connectivity index (χ2v) is 13.5. The Labute approximate surface area is 260 Å². The number of nitrogens with two attached hydrogens (primary N) is 1. The summed E-state index contributed by atoms with van der Waals surface area (Å²) in [6, 6.07) is 12.0. The first kappa shape index (κ1) is 31.4. The SMILES string of the molecule is COc1cc2c(Oc3cccc(NS(=O)(=O)c4sc(CC(N)=O)nc4C)c3)ccnc2cc1OCCCN1CCN(C)CC1. The summed E-state index contributed by atoms with van der Waals surface area (Å²) in [6.45, 7) is 7.42. The van der Waals surface area contributed by atoms with E-state index >= 15 is 0 Å². The van der Waals surface area contributed by atoms with Gasteiger partial charge in [-0.2, -0.15) is 0 Å². The Morgan fingerprint density at radius 2 is 1.89 bits per heavy atom. The molecule has 14 heteroatoms. The third-order valence-corrected chi connectivity index (χ3v) is 10.3. The fourth-order valence-electron chi connectivity index (χ4n) is 4.89. The minimum atomic E-state index is -3.96. The van der Waals surface area contributed by atoms with Crippen molar-refractivity contribution >= 4 is 43.9 Å². The van der Waals surface area contributed by atoms with Gasteiger partial charge in [-0.3, -0.25) is 14.5 Å². The Balaban J connectivity index is 1.28. The second kappa shape index (κ2) is 13.8. The lowest BCUT2D eigenvalue weighted by Crippen LogP contribution is -2.44. The van der Waals surface area contributed by atoms with E-state index in [0.29, 0.717) is 56.9 Å². The summed E-state index contributed by atoms with van der Waals surface area (Å²) in [5, 5.41) is 1.05. The lowest BCUT2D eigenvalue weighted by molar-refractivity contribution is -0.117. The number of thiazole rings is 1. The van der Waals surface area contributed by atoms with Crippen LogP contribution in [-0.4, -0.2) is 87.6 Å². The number of ether oxygens (including phenoxy) is 3. The molecule has 0 radical (unpaired) electrons. The molecule has 2 aromatic carbocycles. The highest BCUT2D eigenvalue weighted by atomic mass is 32.2. The number of rotatable bonds is 13. The summed E-state index contributed by atoms with van der Waals surface area (Å²) in [6.07, 6.45) is 2.42. The Morgan fingerprint density at radius 1 is 1.09 bits per heavy atom. The Morgan fingerprint density at radius 3 is 2.64 bits per heavy atom. The molecule has 1 fully saturated rings. The van der Waals surface area contributed by atoms with Crippen molar-refractivity contribution in [3.05, 3.63) is 59.4 Å². The maximum atomic E-state index is 13.1. The number of nitrogens with one attached hydrogen (secondary N) is 1. The molecule has 0 bridgehead atoms. The maximum absolute atomic E-state index is 13.1. The number of aromatic nitrogens is 2. The van der Waals surface area contributed by atoms with Crippen LogP contribution >= 0.6 is 11.3 Å². The van der Waals surface area contributed by atoms with E-state index in [9.17, 15) is 13.2 Å². The lowest BCUT2D eigenvalue weighted by atomic mass is 10.1. The summed E-state index contributed by atoms with van der Waals surface area (Å²) in [4.78, 5) is 24.7. The summed E-state index contributed by atoms with van der Waals surface area (Å²) in [5.74, 6) is 1.52. The molecule has 0 aliphatic carbocycles. The fraction of sp³-hybridized carbons (Fsp3) is 0.367. The third-order valence-electron chi connectivity index (χ3n) is 7.14. The number of hydrogen-bond acceptors (Lipinski definition) is 11. The van der Waals surface area contributed by atoms with Crippen LogP contribution in [0.5, 0.6) is 23.0 Å². The molecule has 5 rings (SSSR count). The third kappa shape index (κ3) is 7.75. The smallest absolute Gasteiger partial charge is 0.273 e. The second-order valence-electron chi connectivity index (χ2n) is 10.5. The van der Waals surface area contributed by atoms with Gasteiger partial charge in [-0.1, -0.05) is 6.07 Å². The van der Waals surface area contributed by atoms with E-state index in [0.717, 1.165) is 50.5 Å². The van der Waals surface area contributed by atoms with Crippen molar-refractivity contribution in [2.24, 2.45) is 5.73 Å². The first-order chi connectivity index (χ1) is 21.1. The predicted octanol–water partition coefficient (Wildman–Crippen LogP) is 3.65. The molecule has 1 aliphatic heterocycles. The number of amides is 1. The van der Waals surface area contributed by atoms with E-state index in [-0.39, 0.29) is 10.6 Å². The molecule has 4 aromatic rings. The molecule has 1 amide bonds. The molecule has 3 heterocycles. The molecule has 1 saturated heterocycles. The highest BCUT2D eigenvalue weighted by Gasteiger charge is 2.23. The van der Waals surface area contributed by atoms with Gasteiger partial charge in [0.05, 0.1) is 37.0 Å². The van der Waals surface area contributed by atoms with Crippen molar-refractivity contribution in [3.63, 3.8) is 0 Å². The number of fused-ring (bicyclic) bond motifs is 1. The summed E-state index contributed by atoms with van der Waals surface area (Å²) < 4.78 is 46.8. The number of likely N-dealkylation sites (N-methyl/N-ethyl adjacent to an activating group) is 1. The van der Waals surface area contributed by atoms with E-state index in [1.54, 1.807) is 50.6 Å². The van der Waals surface area contributed by atoms with Crippen molar-refractivity contribution in [1.82, 2.24) is 19.8 Å². The fourth-order valence-corrected chi connectivity index (χ4v) is 7.51. The van der Waals surface area contributed by atoms with E-state index in [4.69, 9.17) is 19.9 Å². The van der Waals surface area contributed by atoms with Gasteiger partial charge in [-0.15, -0.1) is 11.3 Å². The monoisotopic (exact) mass is 640 g/mol. The number of primary amides is 1. The quantitative estimate of drug-likeness (QED) is 0.208. The van der Waals surface area contributed by atoms with Gasteiger partial charge >= 0.3 is 0 Å². The number of carbonyl (C=O) groups is 1. The molecule has 44 heavy (non-hydrogen) atoms. The zero-order valence-electron chi connectivity index (χ0n) is 24.9. The highest BCUT2D eigenvalue weighted by molar-refractivity contribution is 7.94. The number of pyridine rings is 1. The van der Waals surface area contributed by atoms with E-state index < -0.39 is 15.9 Å². The minimum Gasteiger partial charge on any atom is -0.493 e. The van der Waals surface area contributed by atoms with Crippen molar-refractivity contribution in [2.75, 3.05) is 58.2 Å². The van der Waals surface area contributed by atoms with Crippen LogP contribution in [0.2, 0.25) is 0 Å². The first-order valence-electron chi connectivity index (χ1n) is 14.2. The molecule has 0 unspecified atom stereocenters. The standard InChI is InChI=1S/C30H36N6O6S2/c1-20-30(43-29(33-20)19-28(31)37)44(38,39)34-21-6-4-7-22(16-21)42-25-8-9-32-24-18-27(26(40-3)17-23(24)25)41-15-5-10-36-13-11-35(2)12-14-36/h4,6-9,16-18,34H,5,10-15,19H2,1-3H3,(H2,31,37). The van der Waals surface area contributed by atoms with Crippen molar-refractivity contribution in [3.8, 4) is 23.0 Å². The van der Waals surface area contributed by atoms with Gasteiger partial charge < -0.3 is 29.7 Å². The van der Waals surface area contributed by atoms with E-state index in [1.165, 1.54) is 0 Å². The minimum absolute atomic E-state index is 0.0182. The molecule has 234 valence electrons. The lowest BCUT2D eigenvalue weighted by Gasteiger charge is -2.32. The van der Waals surface area contributed by atoms with Crippen LogP contribution < -0.4 is 24.7 Å². The Hall–Kier alpha value is -3.98. The Bertz CT molecular complexity index is 1740. The molecule has 0 spiro atoms. The van der Waals surface area contributed by atoms with Crippen LogP contribution in [-0.2, 0) is 21.2 Å². The molecule has 1 aliphatic rings. The number of benzene rings is 2. The van der Waals surface area contributed by atoms with Crippen LogP contribution in [0, 0.1) is 6.92 Å². The van der Waals surface area contributed by atoms with Crippen LogP contribution in [0.1, 0.15) is 17.1 Å². The molecule has 12 nitrogen and oxygen atoms in total. The zero-order valence-corrected chi connectivity index (χ0v) is 26.5. The van der Waals surface area contributed by atoms with Gasteiger partial charge in [0.2, 0.25) is 5.91 Å². The maximum Gasteiger partial charge on any atom is 0.273 e. The van der Waals surface area contributed by atoms with Crippen LogP contribution in [0.3, 0.4) is 0 Å². The molecule has 3 N–H and O–H groups in total. The summed E-state index contributed by atoms with van der Waals surface area (Å²) >= 11 is 0.913. The van der Waals surface area contributed by atoms with Crippen LogP contribution in [0.25, 0.3) is 10.9 Å². The van der Waals surface area contributed by atoms with Crippen molar-refractivity contribution in [2.45, 2.75) is 24.0 Å². The van der Waals surface area contributed by atoms with Gasteiger partial charge in [0.1, 0.15) is 16.5 Å². The number of aryl methyl sites for hydroxylation is 1. The van der Waals surface area contributed by atoms with E-state index in [2.05, 4.69) is 31.5 Å². The molecular formula is C30H36N6O6S2. The van der Waals surface area contributed by atoms with Gasteiger partial charge in [0.15, 0.2) is 15.7 Å². The topological polar surface area (TPSA) is 149 Å². The molecule has 2 aromatic heterocycles. The molecule has 0 atom stereocenters. The van der Waals surface area contributed by atoms with Gasteiger partial charge in [0, 0.05) is 56.4 Å². The van der Waals surface area contributed by atoms with Gasteiger partial charge in [-0.05, 0) is 44.7 Å². The average Bonchev–Trinajstić information content (AvgIpc) is 3.36. The zero-order chi connectivity index (χ0) is 31.3. The number of methoxy groups -OCH3 is 1. The number of nitrogens with zero attached hydrogens (tertiary/aromatic N) is 4. The van der Waals surface area contributed by atoms with Crippen LogP contribution in [0.4, 0.5) is 5.69 Å². The number of hydrogen-bond donors (Lipinski definition) is 2. The largest absolute Gasteiger partial charge is 0.493 e. The first-order valence-corrected chi connectivity index (χ1v) is 16.5. The highest BCUT2D eigenvalue weighted by Crippen LogP contribution is 2.37. The predicted molar refractivity (Wildman–Crippen MR) is 169 cm³/mol. The molecule has 0 saturated carbocycles. The normalized spacial score (nSPS) is 14.4. The number of sulfonamides is 1. The van der Waals surface area contributed by atoms with Gasteiger partial charge in [0.25, 0.3) is 10.0 Å². The van der Waals surface area contributed by atoms with E-state index in [1.807, 2.05) is 12.1 Å². The van der Waals surface area contributed by atoms with Gasteiger partial charge in [-0.25, -0.2) is 13.4 Å². The Kier molecular flexibility index (Phi) is 9.84. The van der Waals surface area contributed by atoms with Crippen molar-refractivity contribution < 1.29 is 27.4 Å². The number of piperazine rings is 1. The van der Waals surface area contributed by atoms with Crippen molar-refractivity contribution in [1.29, 1.82) is 0 Å². The number of carbonyl (C=O) groups excluding carboxylic acids is 1.